The number of benzene rings is 1. The number of thiophene rings is 1. The first kappa shape index (κ1) is 12.1. The maximum atomic E-state index is 8.90. The van der Waals surface area contributed by atoms with Gasteiger partial charge in [0.05, 0.1) is 23.0 Å². The molecule has 1 aromatic heterocycles. The molecule has 1 aliphatic carbocycles. The lowest BCUT2D eigenvalue weighted by Crippen LogP contribution is -2.25. The van der Waals surface area contributed by atoms with E-state index in [1.807, 2.05) is 12.1 Å². The van der Waals surface area contributed by atoms with Gasteiger partial charge in [-0.3, -0.25) is 0 Å². The molecule has 1 heterocycles. The fourth-order valence-corrected chi connectivity index (χ4v) is 2.92. The summed E-state index contributed by atoms with van der Waals surface area (Å²) in [5, 5.41) is 13.2. The van der Waals surface area contributed by atoms with E-state index in [-0.39, 0.29) is 0 Å². The third-order valence-electron chi connectivity index (χ3n) is 3.39. The van der Waals surface area contributed by atoms with E-state index in [1.165, 1.54) is 18.4 Å². The van der Waals surface area contributed by atoms with E-state index in [4.69, 9.17) is 11.0 Å². The van der Waals surface area contributed by atoms with Crippen LogP contribution in [-0.4, -0.2) is 6.04 Å². The Balaban J connectivity index is 1.90. The molecule has 4 heteroatoms. The van der Waals surface area contributed by atoms with Crippen LogP contribution in [0.4, 0.5) is 11.4 Å². The van der Waals surface area contributed by atoms with Crippen molar-refractivity contribution in [2.75, 3.05) is 10.6 Å². The number of hydrogen-bond acceptors (Lipinski definition) is 4. The van der Waals surface area contributed by atoms with Crippen molar-refractivity contribution in [3.8, 4) is 6.07 Å². The fraction of sp³-hybridized carbons (Fsp3) is 0.267. The molecule has 0 bridgehead atoms. The molecule has 0 saturated heterocycles. The van der Waals surface area contributed by atoms with Crippen molar-refractivity contribution in [2.45, 2.75) is 25.4 Å². The van der Waals surface area contributed by atoms with Crippen molar-refractivity contribution < 1.29 is 0 Å². The summed E-state index contributed by atoms with van der Waals surface area (Å²) in [6.07, 6.45) is 2.45. The molecule has 0 radical (unpaired) electrons. The Hall–Kier alpha value is -1.99. The van der Waals surface area contributed by atoms with E-state index in [0.717, 1.165) is 12.2 Å². The summed E-state index contributed by atoms with van der Waals surface area (Å²) >= 11 is 1.72. The number of anilines is 2. The van der Waals surface area contributed by atoms with Crippen LogP contribution in [-0.2, 0) is 6.54 Å². The number of rotatable bonds is 4. The summed E-state index contributed by atoms with van der Waals surface area (Å²) in [5.41, 5.74) is 9.78. The van der Waals surface area contributed by atoms with Gasteiger partial charge in [0.1, 0.15) is 0 Å². The minimum Gasteiger partial charge on any atom is -0.397 e. The number of nitriles is 1. The number of hydrogen-bond donors (Lipinski definition) is 1. The molecule has 1 fully saturated rings. The van der Waals surface area contributed by atoms with Crippen LogP contribution in [0.15, 0.2) is 35.0 Å². The van der Waals surface area contributed by atoms with Crippen LogP contribution < -0.4 is 10.6 Å². The molecule has 1 aliphatic rings. The predicted octanol–water partition coefficient (Wildman–Crippen LogP) is 3.37. The van der Waals surface area contributed by atoms with Crippen molar-refractivity contribution in [3.05, 3.63) is 46.2 Å². The maximum Gasteiger partial charge on any atom is 0.0992 e. The largest absolute Gasteiger partial charge is 0.397 e. The van der Waals surface area contributed by atoms with E-state index >= 15 is 0 Å². The molecule has 19 heavy (non-hydrogen) atoms. The second-order valence-electron chi connectivity index (χ2n) is 4.88. The molecular formula is C15H15N3S. The summed E-state index contributed by atoms with van der Waals surface area (Å²) in [6.45, 7) is 0.893. The smallest absolute Gasteiger partial charge is 0.0992 e. The lowest BCUT2D eigenvalue weighted by Gasteiger charge is -2.25. The highest BCUT2D eigenvalue weighted by atomic mass is 32.1. The Kier molecular flexibility index (Phi) is 3.14. The van der Waals surface area contributed by atoms with Crippen LogP contribution in [0.3, 0.4) is 0 Å². The van der Waals surface area contributed by atoms with Crippen molar-refractivity contribution in [1.29, 1.82) is 5.26 Å². The lowest BCUT2D eigenvalue weighted by atomic mass is 10.1. The lowest BCUT2D eigenvalue weighted by molar-refractivity contribution is 0.798. The normalized spacial score (nSPS) is 14.1. The average Bonchev–Trinajstić information content (AvgIpc) is 3.14. The Morgan fingerprint density at radius 1 is 1.37 bits per heavy atom. The third-order valence-corrected chi connectivity index (χ3v) is 4.12. The Morgan fingerprint density at radius 3 is 2.79 bits per heavy atom. The van der Waals surface area contributed by atoms with Crippen LogP contribution in [0.2, 0.25) is 0 Å². The van der Waals surface area contributed by atoms with E-state index in [1.54, 1.807) is 17.4 Å². The molecule has 0 unspecified atom stereocenters. The first-order valence-corrected chi connectivity index (χ1v) is 7.29. The quantitative estimate of drug-likeness (QED) is 0.866. The van der Waals surface area contributed by atoms with Gasteiger partial charge in [-0.2, -0.15) is 16.6 Å². The summed E-state index contributed by atoms with van der Waals surface area (Å²) < 4.78 is 0. The van der Waals surface area contributed by atoms with E-state index in [2.05, 4.69) is 27.8 Å². The maximum absolute atomic E-state index is 8.90. The van der Waals surface area contributed by atoms with Crippen molar-refractivity contribution in [1.82, 2.24) is 0 Å². The van der Waals surface area contributed by atoms with Crippen LogP contribution in [0.5, 0.6) is 0 Å². The number of nitrogen functional groups attached to an aromatic ring is 1. The SMILES string of the molecule is N#Cc1ccc(N(Cc2ccsc2)C2CC2)c(N)c1. The predicted molar refractivity (Wildman–Crippen MR) is 79.1 cm³/mol. The van der Waals surface area contributed by atoms with Crippen molar-refractivity contribution >= 4 is 22.7 Å². The molecule has 2 aromatic rings. The van der Waals surface area contributed by atoms with Gasteiger partial charge in [-0.05, 0) is 53.4 Å². The minimum atomic E-state index is 0.593. The topological polar surface area (TPSA) is 53.0 Å². The van der Waals surface area contributed by atoms with Gasteiger partial charge >= 0.3 is 0 Å². The molecule has 0 amide bonds. The molecule has 2 N–H and O–H groups in total. The van der Waals surface area contributed by atoms with Gasteiger partial charge in [0.25, 0.3) is 0 Å². The van der Waals surface area contributed by atoms with Gasteiger partial charge in [-0.15, -0.1) is 0 Å². The highest BCUT2D eigenvalue weighted by Gasteiger charge is 2.30. The van der Waals surface area contributed by atoms with Gasteiger partial charge in [0.15, 0.2) is 0 Å². The number of nitrogens with two attached hydrogens (primary N) is 1. The standard InChI is InChI=1S/C15H15N3S/c16-8-11-1-4-15(14(17)7-11)18(13-2-3-13)9-12-5-6-19-10-12/h1,4-7,10,13H,2-3,9,17H2. The summed E-state index contributed by atoms with van der Waals surface area (Å²) in [7, 11) is 0. The molecular weight excluding hydrogens is 254 g/mol. The molecule has 1 aromatic carbocycles. The van der Waals surface area contributed by atoms with E-state index < -0.39 is 0 Å². The fourth-order valence-electron chi connectivity index (χ4n) is 2.26. The molecule has 1 saturated carbocycles. The molecule has 0 spiro atoms. The first-order valence-electron chi connectivity index (χ1n) is 6.35. The van der Waals surface area contributed by atoms with Crippen LogP contribution in [0, 0.1) is 11.3 Å². The Morgan fingerprint density at radius 2 is 2.21 bits per heavy atom. The monoisotopic (exact) mass is 269 g/mol. The summed E-state index contributed by atoms with van der Waals surface area (Å²) in [5.74, 6) is 0. The average molecular weight is 269 g/mol. The zero-order valence-electron chi connectivity index (χ0n) is 10.5. The van der Waals surface area contributed by atoms with Crippen LogP contribution in [0.1, 0.15) is 24.0 Å². The van der Waals surface area contributed by atoms with E-state index in [9.17, 15) is 0 Å². The van der Waals surface area contributed by atoms with Gasteiger partial charge in [0.2, 0.25) is 0 Å². The van der Waals surface area contributed by atoms with E-state index in [0.29, 0.717) is 17.3 Å². The van der Waals surface area contributed by atoms with Crippen LogP contribution >= 0.6 is 11.3 Å². The first-order chi connectivity index (χ1) is 9.28. The molecule has 3 rings (SSSR count). The second-order valence-corrected chi connectivity index (χ2v) is 5.66. The molecule has 0 aliphatic heterocycles. The number of nitrogens with zero attached hydrogens (tertiary/aromatic N) is 2. The summed E-state index contributed by atoms with van der Waals surface area (Å²) in [6, 6.07) is 10.4. The zero-order chi connectivity index (χ0) is 13.2. The van der Waals surface area contributed by atoms with Crippen molar-refractivity contribution in [2.24, 2.45) is 0 Å². The van der Waals surface area contributed by atoms with Crippen molar-refractivity contribution in [3.63, 3.8) is 0 Å². The van der Waals surface area contributed by atoms with Gasteiger partial charge < -0.3 is 10.6 Å². The third kappa shape index (κ3) is 2.56. The zero-order valence-corrected chi connectivity index (χ0v) is 11.4. The molecule has 0 atom stereocenters. The highest BCUT2D eigenvalue weighted by Crippen LogP contribution is 2.36. The van der Waals surface area contributed by atoms with Gasteiger partial charge in [-0.1, -0.05) is 0 Å². The summed E-state index contributed by atoms with van der Waals surface area (Å²) in [4.78, 5) is 2.36. The highest BCUT2D eigenvalue weighted by molar-refractivity contribution is 7.07. The second kappa shape index (κ2) is 4.94. The van der Waals surface area contributed by atoms with Gasteiger partial charge in [-0.25, -0.2) is 0 Å². The minimum absolute atomic E-state index is 0.593. The molecule has 96 valence electrons. The molecule has 3 nitrogen and oxygen atoms in total. The Labute approximate surface area is 116 Å². The van der Waals surface area contributed by atoms with Gasteiger partial charge in [0, 0.05) is 12.6 Å². The van der Waals surface area contributed by atoms with Crippen LogP contribution in [0.25, 0.3) is 0 Å². The Bertz CT molecular complexity index is 609.